The minimum absolute atomic E-state index is 0.0180. The highest BCUT2D eigenvalue weighted by Gasteiger charge is 2.37. The van der Waals surface area contributed by atoms with Gasteiger partial charge in [0, 0.05) is 86.5 Å². The Morgan fingerprint density at radius 2 is 0.825 bits per heavy atom. The van der Waals surface area contributed by atoms with Crippen LogP contribution in [0.1, 0.15) is 97.6 Å². The van der Waals surface area contributed by atoms with Crippen molar-refractivity contribution in [1.29, 1.82) is 0 Å². The molecule has 8 rings (SSSR count). The lowest BCUT2D eigenvalue weighted by Crippen LogP contribution is -2.32. The van der Waals surface area contributed by atoms with Gasteiger partial charge in [-0.1, -0.05) is 72.5 Å². The number of ether oxygens (including phenoxy) is 2. The van der Waals surface area contributed by atoms with Gasteiger partial charge in [0.25, 0.3) is 33.7 Å². The van der Waals surface area contributed by atoms with Gasteiger partial charge in [-0.3, -0.25) is 57.1 Å². The fraction of sp³-hybridized carbons (Fsp3) is 0.333. The van der Waals surface area contributed by atoms with Crippen LogP contribution in [0.25, 0.3) is 22.3 Å². The molecule has 29 heteroatoms. The molecule has 0 aromatic heterocycles. The topological polar surface area (TPSA) is 371 Å². The summed E-state index contributed by atoms with van der Waals surface area (Å²) in [7, 11) is -0.673. The summed E-state index contributed by atoms with van der Waals surface area (Å²) in [6.07, 6.45) is -0.663. The third-order valence-corrected chi connectivity index (χ3v) is 12.0. The number of carbonyl (C=O) groups excluding carboxylic acids is 10. The minimum atomic E-state index is -4.19. The Morgan fingerprint density at radius 3 is 1.11 bits per heavy atom. The first-order valence-corrected chi connectivity index (χ1v) is 28.3. The smallest absolute Gasteiger partial charge is 0.432 e. The Morgan fingerprint density at radius 1 is 0.537 bits per heavy atom. The fourth-order valence-electron chi connectivity index (χ4n) is 8.42. The number of amides is 8. The van der Waals surface area contributed by atoms with E-state index < -0.39 is 67.2 Å². The van der Waals surface area contributed by atoms with Gasteiger partial charge >= 0.3 is 21.6 Å². The Hall–Kier alpha value is -8.31. The largest absolute Gasteiger partial charge is 0.533 e. The van der Waals surface area contributed by atoms with Crippen LogP contribution in [0.2, 0.25) is 0 Å². The van der Waals surface area contributed by atoms with Crippen LogP contribution in [0, 0.1) is 0 Å². The standard InChI is InChI=1S/2C25H25N3O7.CH4O3S.ClHO3S/c2*1-3-21(29)27-15-5-7-17-16-6-4-14(11-22(30)26-2)10-18(16)20(19(17)12-15)13-34-25(33)35-28-23(31)8-9-24(28)32;2*1-5(2,3)4/h2*4-7,10,12,20H,3,8-9,11,13H2,1-2H3,(H,26,30)(H,27,29);1H3,(H,2,3,4);(H,2,3,4). The summed E-state index contributed by atoms with van der Waals surface area (Å²) in [5, 5.41) is 11.7. The van der Waals surface area contributed by atoms with Gasteiger partial charge in [-0.05, 0) is 79.9 Å². The Labute approximate surface area is 462 Å². The molecule has 4 aromatic rings. The zero-order valence-electron chi connectivity index (χ0n) is 43.5. The van der Waals surface area contributed by atoms with Gasteiger partial charge in [0.15, 0.2) is 0 Å². The van der Waals surface area contributed by atoms with E-state index >= 15 is 0 Å². The number of likely N-dealkylation sites (N-methyl/N-ethyl adjacent to an activating group) is 2. The number of nitrogens with zero attached hydrogens (tertiary/aromatic N) is 2. The second kappa shape index (κ2) is 27.5. The average molecular weight is 1170 g/mol. The van der Waals surface area contributed by atoms with E-state index in [4.69, 9.17) is 36.7 Å². The van der Waals surface area contributed by atoms with Gasteiger partial charge in [-0.15, -0.1) is 0 Å². The second-order valence-electron chi connectivity index (χ2n) is 17.7. The van der Waals surface area contributed by atoms with Gasteiger partial charge in [-0.2, -0.15) is 16.8 Å². The SMILES string of the molecule is CCC(=O)Nc1ccc2c(c1)C(COC(=O)ON1C(=O)CCC1=O)c1cc(CC(=O)NC)ccc1-2.CCC(=O)Nc1ccc2c(c1)C(COC(=O)ON1C(=O)CCC1=O)c1cc(CC(=O)NC)ccc1-2.CS(=O)(=O)O.O=S(=O)(O)Cl. The predicted molar refractivity (Wildman–Crippen MR) is 283 cm³/mol. The van der Waals surface area contributed by atoms with Crippen LogP contribution in [0.5, 0.6) is 0 Å². The fourth-order valence-corrected chi connectivity index (χ4v) is 8.42. The highest BCUT2D eigenvalue weighted by Crippen LogP contribution is 2.48. The molecule has 428 valence electrons. The Balaban J connectivity index is 0.000000251. The summed E-state index contributed by atoms with van der Waals surface area (Å²) in [6, 6.07) is 22.4. The molecule has 0 spiro atoms. The number of carbonyl (C=O) groups is 10. The summed E-state index contributed by atoms with van der Waals surface area (Å²) in [6.45, 7) is 3.24. The lowest BCUT2D eigenvalue weighted by molar-refractivity contribution is -0.177. The lowest BCUT2D eigenvalue weighted by atomic mass is 9.95. The number of rotatable bonds is 14. The molecule has 0 radical (unpaired) electrons. The number of nitrogens with one attached hydrogen (secondary N) is 4. The molecular formula is C51H55ClN6O20S2. The number of benzene rings is 4. The third kappa shape index (κ3) is 17.9. The maximum Gasteiger partial charge on any atom is 0.533 e. The molecule has 2 aliphatic carbocycles. The summed E-state index contributed by atoms with van der Waals surface area (Å²) < 4.78 is 61.6. The van der Waals surface area contributed by atoms with Crippen molar-refractivity contribution in [2.75, 3.05) is 44.2 Å². The predicted octanol–water partition coefficient (Wildman–Crippen LogP) is 4.84. The number of hydrogen-bond donors (Lipinski definition) is 6. The van der Waals surface area contributed by atoms with E-state index in [-0.39, 0.29) is 75.4 Å². The van der Waals surface area contributed by atoms with Crippen molar-refractivity contribution in [2.24, 2.45) is 0 Å². The molecule has 4 aliphatic rings. The van der Waals surface area contributed by atoms with E-state index in [0.29, 0.717) is 40.6 Å². The number of imide groups is 2. The van der Waals surface area contributed by atoms with Crippen molar-refractivity contribution in [1.82, 2.24) is 20.8 Å². The average Bonchev–Trinajstić information content (AvgIpc) is 4.14. The van der Waals surface area contributed by atoms with E-state index in [1.807, 2.05) is 60.7 Å². The normalized spacial score (nSPS) is 15.4. The summed E-state index contributed by atoms with van der Waals surface area (Å²) in [4.78, 5) is 129. The molecule has 2 heterocycles. The number of halogens is 1. The van der Waals surface area contributed by atoms with Crippen LogP contribution in [0.3, 0.4) is 0 Å². The molecule has 26 nitrogen and oxygen atoms in total. The molecular weight excluding hydrogens is 1120 g/mol. The van der Waals surface area contributed by atoms with Gasteiger partial charge in [0.05, 0.1) is 19.1 Å². The molecule has 8 amide bonds. The van der Waals surface area contributed by atoms with Crippen molar-refractivity contribution in [2.45, 2.75) is 77.0 Å². The number of hydroxylamine groups is 4. The molecule has 2 saturated heterocycles. The van der Waals surface area contributed by atoms with Crippen LogP contribution in [-0.4, -0.2) is 129 Å². The highest BCUT2D eigenvalue weighted by atomic mass is 35.7. The van der Waals surface area contributed by atoms with Gasteiger partial charge in [-0.25, -0.2) is 9.59 Å². The first-order valence-electron chi connectivity index (χ1n) is 24.2. The molecule has 2 aliphatic heterocycles. The summed E-state index contributed by atoms with van der Waals surface area (Å²) in [5.41, 5.74) is 9.79. The number of anilines is 2. The van der Waals surface area contributed by atoms with Crippen molar-refractivity contribution >= 4 is 101 Å². The van der Waals surface area contributed by atoms with Gasteiger partial charge < -0.3 is 30.7 Å². The van der Waals surface area contributed by atoms with Crippen molar-refractivity contribution < 1.29 is 93.0 Å². The van der Waals surface area contributed by atoms with E-state index in [1.165, 1.54) is 0 Å². The van der Waals surface area contributed by atoms with E-state index in [9.17, 15) is 56.4 Å². The maximum atomic E-state index is 12.3. The van der Waals surface area contributed by atoms with Crippen LogP contribution in [0.4, 0.5) is 21.0 Å². The van der Waals surface area contributed by atoms with Gasteiger partial charge in [0.2, 0.25) is 23.6 Å². The van der Waals surface area contributed by atoms with E-state index in [1.54, 1.807) is 40.1 Å². The Bertz CT molecular complexity index is 2950. The molecule has 4 aromatic carbocycles. The third-order valence-electron chi connectivity index (χ3n) is 12.0. The monoisotopic (exact) mass is 1170 g/mol. The van der Waals surface area contributed by atoms with Crippen molar-refractivity contribution in [3.63, 3.8) is 0 Å². The van der Waals surface area contributed by atoms with E-state index in [0.717, 1.165) is 55.6 Å². The molecule has 6 N–H and O–H groups in total. The summed E-state index contributed by atoms with van der Waals surface area (Å²) >= 11 is 0. The van der Waals surface area contributed by atoms with Crippen molar-refractivity contribution in [3.8, 4) is 22.3 Å². The van der Waals surface area contributed by atoms with Crippen LogP contribution in [-0.2, 0) is 89.8 Å². The zero-order chi connectivity index (χ0) is 59.2. The van der Waals surface area contributed by atoms with Crippen LogP contribution < -0.4 is 21.3 Å². The van der Waals surface area contributed by atoms with Crippen molar-refractivity contribution in [3.05, 3.63) is 106 Å². The molecule has 0 bridgehead atoms. The number of hydrogen-bond acceptors (Lipinski definition) is 18. The first-order chi connectivity index (χ1) is 37.6. The highest BCUT2D eigenvalue weighted by molar-refractivity contribution is 8.09. The van der Waals surface area contributed by atoms with E-state index in [2.05, 4.69) is 31.9 Å². The zero-order valence-corrected chi connectivity index (χ0v) is 45.9. The first kappa shape index (κ1) is 62.5. The molecule has 0 saturated carbocycles. The molecule has 2 fully saturated rings. The molecule has 80 heavy (non-hydrogen) atoms. The second-order valence-corrected chi connectivity index (χ2v) is 21.1. The molecule has 2 unspecified atom stereocenters. The van der Waals surface area contributed by atoms with Gasteiger partial charge in [0.1, 0.15) is 13.2 Å². The lowest BCUT2D eigenvalue weighted by Gasteiger charge is -2.17. The minimum Gasteiger partial charge on any atom is -0.432 e. The molecule has 2 atom stereocenters. The quantitative estimate of drug-likeness (QED) is 0.0426. The van der Waals surface area contributed by atoms with Crippen LogP contribution in [0.15, 0.2) is 72.8 Å². The maximum absolute atomic E-state index is 12.3. The Kier molecular flexibility index (Phi) is 21.5. The summed E-state index contributed by atoms with van der Waals surface area (Å²) in [5.74, 6) is -3.77. The van der Waals surface area contributed by atoms with Crippen LogP contribution >= 0.6 is 10.7 Å². The number of fused-ring (bicyclic) bond motifs is 6.